The molecule has 1 atom stereocenters. The molecule has 1 unspecified atom stereocenters. The van der Waals surface area contributed by atoms with Gasteiger partial charge in [-0.05, 0) is 36.2 Å². The molecule has 2 N–H and O–H groups in total. The number of halogens is 3. The quantitative estimate of drug-likeness (QED) is 0.883. The zero-order valence-electron chi connectivity index (χ0n) is 11.5. The lowest BCUT2D eigenvalue weighted by Crippen LogP contribution is -2.18. The third-order valence-corrected chi connectivity index (χ3v) is 3.26. The summed E-state index contributed by atoms with van der Waals surface area (Å²) in [6, 6.07) is 12.0. The molecule has 0 spiro atoms. The van der Waals surface area contributed by atoms with Crippen LogP contribution in [-0.4, -0.2) is 5.11 Å². The zero-order chi connectivity index (χ0) is 15.5. The Morgan fingerprint density at radius 1 is 1.10 bits per heavy atom. The molecule has 0 bridgehead atoms. The Kier molecular flexibility index (Phi) is 4.53. The fourth-order valence-corrected chi connectivity index (χ4v) is 2.01. The fourth-order valence-electron chi connectivity index (χ4n) is 2.01. The van der Waals surface area contributed by atoms with Crippen LogP contribution < -0.4 is 5.32 Å². The topological polar surface area (TPSA) is 32.3 Å². The van der Waals surface area contributed by atoms with Gasteiger partial charge in [-0.15, -0.1) is 0 Å². The summed E-state index contributed by atoms with van der Waals surface area (Å²) >= 11 is 0. The van der Waals surface area contributed by atoms with E-state index in [9.17, 15) is 18.3 Å². The van der Waals surface area contributed by atoms with Crippen molar-refractivity contribution in [2.24, 2.45) is 0 Å². The lowest BCUT2D eigenvalue weighted by Gasteiger charge is -2.15. The molecule has 0 saturated carbocycles. The SMILES string of the molecule is CC(NCc1cccc(C(F)(F)F)c1)c1ccc(O)cc1. The molecule has 2 aromatic rings. The van der Waals surface area contributed by atoms with Gasteiger partial charge in [-0.25, -0.2) is 0 Å². The number of aromatic hydroxyl groups is 1. The molecule has 2 nitrogen and oxygen atoms in total. The molecule has 0 aliphatic rings. The second kappa shape index (κ2) is 6.18. The summed E-state index contributed by atoms with van der Waals surface area (Å²) in [6.45, 7) is 2.26. The van der Waals surface area contributed by atoms with E-state index in [2.05, 4.69) is 5.32 Å². The number of hydrogen-bond donors (Lipinski definition) is 2. The maximum absolute atomic E-state index is 12.6. The normalized spacial score (nSPS) is 13.1. The summed E-state index contributed by atoms with van der Waals surface area (Å²) in [5.74, 6) is 0.184. The minimum Gasteiger partial charge on any atom is -0.508 e. The lowest BCUT2D eigenvalue weighted by atomic mass is 10.1. The first kappa shape index (κ1) is 15.4. The number of hydrogen-bond acceptors (Lipinski definition) is 2. The Bertz CT molecular complexity index is 593. The predicted molar refractivity (Wildman–Crippen MR) is 74.8 cm³/mol. The van der Waals surface area contributed by atoms with E-state index in [1.165, 1.54) is 6.07 Å². The van der Waals surface area contributed by atoms with E-state index in [-0.39, 0.29) is 11.8 Å². The third kappa shape index (κ3) is 4.23. The molecule has 2 aromatic carbocycles. The Labute approximate surface area is 121 Å². The van der Waals surface area contributed by atoms with E-state index in [4.69, 9.17) is 0 Å². The number of phenolic OH excluding ortho intramolecular Hbond substituents is 1. The van der Waals surface area contributed by atoms with Crippen LogP contribution in [0.5, 0.6) is 5.75 Å². The monoisotopic (exact) mass is 295 g/mol. The number of alkyl halides is 3. The van der Waals surface area contributed by atoms with Gasteiger partial charge < -0.3 is 10.4 Å². The maximum atomic E-state index is 12.6. The molecule has 0 aromatic heterocycles. The van der Waals surface area contributed by atoms with Crippen LogP contribution in [0.4, 0.5) is 13.2 Å². The summed E-state index contributed by atoms with van der Waals surface area (Å²) in [7, 11) is 0. The predicted octanol–water partition coefficient (Wildman–Crippen LogP) is 4.26. The highest BCUT2D eigenvalue weighted by molar-refractivity contribution is 5.28. The van der Waals surface area contributed by atoms with Gasteiger partial charge in [-0.3, -0.25) is 0 Å². The largest absolute Gasteiger partial charge is 0.508 e. The standard InChI is InChI=1S/C16H16F3NO/c1-11(13-5-7-15(21)8-6-13)20-10-12-3-2-4-14(9-12)16(17,18)19/h2-9,11,20-21H,10H2,1H3. The molecule has 0 amide bonds. The second-order valence-corrected chi connectivity index (χ2v) is 4.89. The van der Waals surface area contributed by atoms with E-state index >= 15 is 0 Å². The number of nitrogens with one attached hydrogen (secondary N) is 1. The van der Waals surface area contributed by atoms with Crippen molar-refractivity contribution in [3.63, 3.8) is 0 Å². The molecule has 0 aliphatic carbocycles. The van der Waals surface area contributed by atoms with Crippen LogP contribution >= 0.6 is 0 Å². The smallest absolute Gasteiger partial charge is 0.416 e. The molecular weight excluding hydrogens is 279 g/mol. The van der Waals surface area contributed by atoms with Crippen LogP contribution in [0.2, 0.25) is 0 Å². The van der Waals surface area contributed by atoms with Crippen molar-refractivity contribution in [3.8, 4) is 5.75 Å². The Balaban J connectivity index is 2.01. The maximum Gasteiger partial charge on any atom is 0.416 e. The van der Waals surface area contributed by atoms with Crippen molar-refractivity contribution in [2.45, 2.75) is 25.7 Å². The van der Waals surface area contributed by atoms with E-state index in [1.54, 1.807) is 30.3 Å². The molecule has 112 valence electrons. The van der Waals surface area contributed by atoms with Crippen LogP contribution in [-0.2, 0) is 12.7 Å². The summed E-state index contributed by atoms with van der Waals surface area (Å²) in [5, 5.41) is 12.4. The molecule has 0 fully saturated rings. The minimum atomic E-state index is -4.32. The van der Waals surface area contributed by atoms with Crippen LogP contribution in [0.1, 0.15) is 29.7 Å². The lowest BCUT2D eigenvalue weighted by molar-refractivity contribution is -0.137. The highest BCUT2D eigenvalue weighted by atomic mass is 19.4. The van der Waals surface area contributed by atoms with Gasteiger partial charge in [0.25, 0.3) is 0 Å². The molecule has 21 heavy (non-hydrogen) atoms. The van der Waals surface area contributed by atoms with Gasteiger partial charge in [-0.1, -0.05) is 30.3 Å². The van der Waals surface area contributed by atoms with E-state index < -0.39 is 11.7 Å². The average Bonchev–Trinajstić information content (AvgIpc) is 2.45. The fraction of sp³-hybridized carbons (Fsp3) is 0.250. The molecule has 0 radical (unpaired) electrons. The number of phenols is 1. The average molecular weight is 295 g/mol. The summed E-state index contributed by atoms with van der Waals surface area (Å²) in [4.78, 5) is 0. The van der Waals surface area contributed by atoms with Gasteiger partial charge in [0.1, 0.15) is 5.75 Å². The van der Waals surface area contributed by atoms with E-state index in [0.29, 0.717) is 12.1 Å². The summed E-state index contributed by atoms with van der Waals surface area (Å²) in [6.07, 6.45) is -4.32. The first-order valence-electron chi connectivity index (χ1n) is 6.55. The van der Waals surface area contributed by atoms with Gasteiger partial charge in [0.15, 0.2) is 0 Å². The summed E-state index contributed by atoms with van der Waals surface area (Å²) in [5.41, 5.74) is 0.898. The van der Waals surface area contributed by atoms with Crippen LogP contribution in [0, 0.1) is 0 Å². The van der Waals surface area contributed by atoms with Crippen LogP contribution in [0.25, 0.3) is 0 Å². The minimum absolute atomic E-state index is 0.0276. The van der Waals surface area contributed by atoms with Gasteiger partial charge in [0.2, 0.25) is 0 Å². The highest BCUT2D eigenvalue weighted by Gasteiger charge is 2.30. The molecule has 5 heteroatoms. The van der Waals surface area contributed by atoms with Crippen molar-refractivity contribution in [2.75, 3.05) is 0 Å². The molecule has 2 rings (SSSR count). The van der Waals surface area contributed by atoms with Crippen molar-refractivity contribution >= 4 is 0 Å². The highest BCUT2D eigenvalue weighted by Crippen LogP contribution is 2.29. The summed E-state index contributed by atoms with van der Waals surface area (Å²) < 4.78 is 37.9. The molecule has 0 aliphatic heterocycles. The Morgan fingerprint density at radius 2 is 1.76 bits per heavy atom. The van der Waals surface area contributed by atoms with Crippen LogP contribution in [0.15, 0.2) is 48.5 Å². The molecular formula is C16H16F3NO. The van der Waals surface area contributed by atoms with Crippen molar-refractivity contribution in [1.82, 2.24) is 5.32 Å². The van der Waals surface area contributed by atoms with Crippen molar-refractivity contribution in [1.29, 1.82) is 0 Å². The number of rotatable bonds is 4. The van der Waals surface area contributed by atoms with Crippen molar-refractivity contribution < 1.29 is 18.3 Å². The van der Waals surface area contributed by atoms with E-state index in [0.717, 1.165) is 17.7 Å². The van der Waals surface area contributed by atoms with Gasteiger partial charge in [0, 0.05) is 12.6 Å². The Hall–Kier alpha value is -2.01. The van der Waals surface area contributed by atoms with Gasteiger partial charge in [0.05, 0.1) is 5.56 Å². The van der Waals surface area contributed by atoms with E-state index in [1.807, 2.05) is 6.92 Å². The molecule has 0 heterocycles. The van der Waals surface area contributed by atoms with Gasteiger partial charge >= 0.3 is 6.18 Å². The van der Waals surface area contributed by atoms with Gasteiger partial charge in [-0.2, -0.15) is 13.2 Å². The first-order chi connectivity index (χ1) is 9.86. The first-order valence-corrected chi connectivity index (χ1v) is 6.55. The third-order valence-electron chi connectivity index (χ3n) is 3.26. The van der Waals surface area contributed by atoms with Crippen molar-refractivity contribution in [3.05, 3.63) is 65.2 Å². The second-order valence-electron chi connectivity index (χ2n) is 4.89. The molecule has 0 saturated heterocycles. The van der Waals surface area contributed by atoms with Crippen LogP contribution in [0.3, 0.4) is 0 Å². The zero-order valence-corrected chi connectivity index (χ0v) is 11.5. The Morgan fingerprint density at radius 3 is 2.38 bits per heavy atom. The number of benzene rings is 2.